The van der Waals surface area contributed by atoms with Crippen LogP contribution >= 0.6 is 22.9 Å². The van der Waals surface area contributed by atoms with Gasteiger partial charge >= 0.3 is 0 Å². The Morgan fingerprint density at radius 3 is 2.64 bits per heavy atom. The molecule has 33 heavy (non-hydrogen) atoms. The second-order valence-corrected chi connectivity index (χ2v) is 8.69. The summed E-state index contributed by atoms with van der Waals surface area (Å²) in [5.41, 5.74) is 2.42. The molecule has 0 unspecified atom stereocenters. The summed E-state index contributed by atoms with van der Waals surface area (Å²) in [7, 11) is 1.59. The molecule has 0 aliphatic heterocycles. The zero-order chi connectivity index (χ0) is 22.8. The van der Waals surface area contributed by atoms with Crippen molar-refractivity contribution in [2.45, 2.75) is 6.61 Å². The van der Waals surface area contributed by atoms with Crippen LogP contribution in [-0.2, 0) is 6.61 Å². The van der Waals surface area contributed by atoms with E-state index in [-0.39, 0.29) is 5.56 Å². The van der Waals surface area contributed by atoms with Crippen molar-refractivity contribution >= 4 is 34.0 Å². The highest BCUT2D eigenvalue weighted by molar-refractivity contribution is 7.15. The molecule has 0 saturated carbocycles. The molecule has 2 heterocycles. The maximum Gasteiger partial charge on any atom is 0.291 e. The van der Waals surface area contributed by atoms with E-state index < -0.39 is 0 Å². The molecule has 0 radical (unpaired) electrons. The molecule has 5 aromatic rings. The standard InChI is InChI=1S/C25H18ClN3O3S/c1-31-21-12-17(10-11-20(21)32-15-16-6-3-2-4-7-16)13-22-24(30)29-25(33-22)27-23(28-29)18-8-5-9-19(26)14-18/h2-14H,15H2,1H3. The van der Waals surface area contributed by atoms with E-state index in [2.05, 4.69) is 10.1 Å². The van der Waals surface area contributed by atoms with Crippen molar-refractivity contribution in [1.82, 2.24) is 14.6 Å². The Hall–Kier alpha value is -3.68. The first-order valence-electron chi connectivity index (χ1n) is 10.1. The number of benzene rings is 3. The maximum atomic E-state index is 12.9. The zero-order valence-electron chi connectivity index (χ0n) is 17.6. The van der Waals surface area contributed by atoms with Crippen LogP contribution in [0.15, 0.2) is 77.6 Å². The summed E-state index contributed by atoms with van der Waals surface area (Å²) in [5.74, 6) is 1.69. The molecular weight excluding hydrogens is 458 g/mol. The Balaban J connectivity index is 1.43. The molecule has 0 atom stereocenters. The summed E-state index contributed by atoms with van der Waals surface area (Å²) >= 11 is 7.34. The van der Waals surface area contributed by atoms with Gasteiger partial charge in [0.2, 0.25) is 4.96 Å². The predicted octanol–water partition coefficient (Wildman–Crippen LogP) is 4.61. The lowest BCUT2D eigenvalue weighted by Gasteiger charge is -2.11. The van der Waals surface area contributed by atoms with Gasteiger partial charge in [0.25, 0.3) is 5.56 Å². The zero-order valence-corrected chi connectivity index (χ0v) is 19.1. The molecule has 0 fully saturated rings. The van der Waals surface area contributed by atoms with Gasteiger partial charge in [0, 0.05) is 10.6 Å². The lowest BCUT2D eigenvalue weighted by molar-refractivity contribution is 0.284. The normalized spacial score (nSPS) is 11.8. The van der Waals surface area contributed by atoms with Crippen molar-refractivity contribution in [2.75, 3.05) is 7.11 Å². The first-order chi connectivity index (χ1) is 16.1. The van der Waals surface area contributed by atoms with Gasteiger partial charge in [0.15, 0.2) is 17.3 Å². The minimum Gasteiger partial charge on any atom is -0.493 e. The second-order valence-electron chi connectivity index (χ2n) is 7.24. The van der Waals surface area contributed by atoms with Gasteiger partial charge in [-0.1, -0.05) is 71.5 Å². The second kappa shape index (κ2) is 9.05. The molecule has 6 nitrogen and oxygen atoms in total. The molecule has 164 valence electrons. The summed E-state index contributed by atoms with van der Waals surface area (Å²) in [6.07, 6.45) is 1.80. The van der Waals surface area contributed by atoms with E-state index in [1.165, 1.54) is 15.9 Å². The molecular formula is C25H18ClN3O3S. The van der Waals surface area contributed by atoms with E-state index in [4.69, 9.17) is 21.1 Å². The number of methoxy groups -OCH3 is 1. The van der Waals surface area contributed by atoms with E-state index in [1.807, 2.05) is 60.7 Å². The number of thiazole rings is 1. The molecule has 0 spiro atoms. The maximum absolute atomic E-state index is 12.9. The summed E-state index contributed by atoms with van der Waals surface area (Å²) in [4.78, 5) is 17.9. The largest absolute Gasteiger partial charge is 0.493 e. The van der Waals surface area contributed by atoms with Gasteiger partial charge in [0.1, 0.15) is 6.61 Å². The van der Waals surface area contributed by atoms with Gasteiger partial charge in [0.05, 0.1) is 11.6 Å². The molecule has 0 amide bonds. The number of nitrogens with zero attached hydrogens (tertiary/aromatic N) is 3. The number of halogens is 1. The average Bonchev–Trinajstić information content (AvgIpc) is 3.38. The Morgan fingerprint density at radius 1 is 1.03 bits per heavy atom. The Kier molecular flexibility index (Phi) is 5.81. The van der Waals surface area contributed by atoms with Gasteiger partial charge in [-0.15, -0.1) is 5.10 Å². The van der Waals surface area contributed by atoms with E-state index in [9.17, 15) is 4.79 Å². The quantitative estimate of drug-likeness (QED) is 0.359. The van der Waals surface area contributed by atoms with Gasteiger partial charge in [-0.3, -0.25) is 4.79 Å². The highest BCUT2D eigenvalue weighted by atomic mass is 35.5. The Labute approximate surface area is 198 Å². The number of hydrogen-bond acceptors (Lipinski definition) is 6. The molecule has 0 aliphatic carbocycles. The topological polar surface area (TPSA) is 65.7 Å². The van der Waals surface area contributed by atoms with Crippen LogP contribution in [0.25, 0.3) is 22.4 Å². The van der Waals surface area contributed by atoms with Crippen molar-refractivity contribution in [2.24, 2.45) is 0 Å². The molecule has 5 rings (SSSR count). The van der Waals surface area contributed by atoms with Crippen molar-refractivity contribution in [3.8, 4) is 22.9 Å². The van der Waals surface area contributed by atoms with Crippen molar-refractivity contribution in [3.63, 3.8) is 0 Å². The number of hydrogen-bond donors (Lipinski definition) is 0. The van der Waals surface area contributed by atoms with Crippen molar-refractivity contribution in [1.29, 1.82) is 0 Å². The van der Waals surface area contributed by atoms with Crippen LogP contribution in [0.5, 0.6) is 11.5 Å². The lowest BCUT2D eigenvalue weighted by atomic mass is 10.2. The van der Waals surface area contributed by atoms with Crippen LogP contribution in [-0.4, -0.2) is 21.7 Å². The Morgan fingerprint density at radius 2 is 1.88 bits per heavy atom. The predicted molar refractivity (Wildman–Crippen MR) is 130 cm³/mol. The van der Waals surface area contributed by atoms with E-state index in [0.717, 1.165) is 16.7 Å². The fraction of sp³-hybridized carbons (Fsp3) is 0.0800. The van der Waals surface area contributed by atoms with Gasteiger partial charge in [-0.05, 0) is 41.5 Å². The monoisotopic (exact) mass is 475 g/mol. The fourth-order valence-electron chi connectivity index (χ4n) is 3.36. The first-order valence-corrected chi connectivity index (χ1v) is 11.3. The third-order valence-corrected chi connectivity index (χ3v) is 6.18. The summed E-state index contributed by atoms with van der Waals surface area (Å²) in [6, 6.07) is 22.7. The van der Waals surface area contributed by atoms with Gasteiger partial charge in [-0.25, -0.2) is 0 Å². The van der Waals surface area contributed by atoms with E-state index >= 15 is 0 Å². The number of ether oxygens (including phenoxy) is 2. The van der Waals surface area contributed by atoms with E-state index in [1.54, 1.807) is 25.3 Å². The molecule has 2 aromatic heterocycles. The highest BCUT2D eigenvalue weighted by Gasteiger charge is 2.13. The van der Waals surface area contributed by atoms with Gasteiger partial charge in [-0.2, -0.15) is 9.50 Å². The molecule has 0 N–H and O–H groups in total. The number of aromatic nitrogens is 3. The van der Waals surface area contributed by atoms with Crippen LogP contribution in [0.2, 0.25) is 5.02 Å². The minimum absolute atomic E-state index is 0.223. The molecule has 0 bridgehead atoms. The van der Waals surface area contributed by atoms with Crippen molar-refractivity contribution in [3.05, 3.63) is 104 Å². The van der Waals surface area contributed by atoms with Crippen LogP contribution in [0, 0.1) is 0 Å². The number of fused-ring (bicyclic) bond motifs is 1. The molecule has 8 heteroatoms. The van der Waals surface area contributed by atoms with Crippen LogP contribution in [0.4, 0.5) is 0 Å². The smallest absolute Gasteiger partial charge is 0.291 e. The number of rotatable bonds is 6. The van der Waals surface area contributed by atoms with Crippen LogP contribution in [0.1, 0.15) is 11.1 Å². The SMILES string of the molecule is COc1cc(C=c2sc3nc(-c4cccc(Cl)c4)nn3c2=O)ccc1OCc1ccccc1. The molecule has 0 aliphatic rings. The fourth-order valence-corrected chi connectivity index (χ4v) is 4.46. The van der Waals surface area contributed by atoms with Crippen molar-refractivity contribution < 1.29 is 9.47 Å². The molecule has 0 saturated heterocycles. The Bertz CT molecular complexity index is 1550. The first kappa shape index (κ1) is 21.2. The third-order valence-electron chi connectivity index (χ3n) is 4.99. The summed E-state index contributed by atoms with van der Waals surface area (Å²) < 4.78 is 13.3. The van der Waals surface area contributed by atoms with Crippen LogP contribution in [0.3, 0.4) is 0 Å². The highest BCUT2D eigenvalue weighted by Crippen LogP contribution is 2.29. The van der Waals surface area contributed by atoms with Gasteiger partial charge < -0.3 is 9.47 Å². The van der Waals surface area contributed by atoms with Crippen LogP contribution < -0.4 is 19.6 Å². The lowest BCUT2D eigenvalue weighted by Crippen LogP contribution is -2.23. The summed E-state index contributed by atoms with van der Waals surface area (Å²) in [6.45, 7) is 0.438. The third kappa shape index (κ3) is 4.46. The van der Waals surface area contributed by atoms with E-state index in [0.29, 0.717) is 38.4 Å². The average molecular weight is 476 g/mol. The molecule has 3 aromatic carbocycles. The summed E-state index contributed by atoms with van der Waals surface area (Å²) in [5, 5.41) is 4.96. The minimum atomic E-state index is -0.223.